The Labute approximate surface area is 120 Å². The topological polar surface area (TPSA) is 42.7 Å². The lowest BCUT2D eigenvalue weighted by Crippen LogP contribution is -2.48. The van der Waals surface area contributed by atoms with E-state index in [1.54, 1.807) is 12.1 Å². The van der Waals surface area contributed by atoms with Gasteiger partial charge in [-0.3, -0.25) is 4.79 Å². The van der Waals surface area contributed by atoms with Crippen molar-refractivity contribution in [1.29, 1.82) is 0 Å². The van der Waals surface area contributed by atoms with Gasteiger partial charge in [0.25, 0.3) is 0 Å². The molecule has 1 aromatic heterocycles. The van der Waals surface area contributed by atoms with E-state index in [2.05, 4.69) is 0 Å². The number of amides is 1. The maximum absolute atomic E-state index is 12.7. The molecule has 1 aliphatic heterocycles. The molecular formula is C14H16F3NO3. The second kappa shape index (κ2) is 6.80. The zero-order valence-electron chi connectivity index (χ0n) is 11.3. The minimum Gasteiger partial charge on any atom is -0.465 e. The van der Waals surface area contributed by atoms with Gasteiger partial charge in [0.05, 0.1) is 18.9 Å². The average molecular weight is 303 g/mol. The Morgan fingerprint density at radius 2 is 2.29 bits per heavy atom. The van der Waals surface area contributed by atoms with E-state index in [0.29, 0.717) is 25.2 Å². The Hall–Kier alpha value is -1.76. The van der Waals surface area contributed by atoms with Crippen LogP contribution in [0.15, 0.2) is 28.9 Å². The maximum atomic E-state index is 12.7. The van der Waals surface area contributed by atoms with Crippen molar-refractivity contribution in [3.05, 3.63) is 30.2 Å². The van der Waals surface area contributed by atoms with Crippen molar-refractivity contribution in [2.75, 3.05) is 19.8 Å². The molecule has 0 radical (unpaired) electrons. The van der Waals surface area contributed by atoms with E-state index in [9.17, 15) is 18.0 Å². The van der Waals surface area contributed by atoms with Gasteiger partial charge in [0.15, 0.2) is 0 Å². The highest BCUT2D eigenvalue weighted by molar-refractivity contribution is 5.91. The molecule has 0 bridgehead atoms. The first-order valence-corrected chi connectivity index (χ1v) is 6.62. The van der Waals surface area contributed by atoms with Crippen molar-refractivity contribution in [3.63, 3.8) is 0 Å². The highest BCUT2D eigenvalue weighted by Gasteiger charge is 2.36. The van der Waals surface area contributed by atoms with E-state index < -0.39 is 24.7 Å². The second-order valence-electron chi connectivity index (χ2n) is 4.80. The SMILES string of the molecule is O=C(/C=C/c1ccco1)N(CC(F)(F)F)[C@@H]1CCCOC1. The van der Waals surface area contributed by atoms with Crippen molar-refractivity contribution in [2.45, 2.75) is 25.1 Å². The lowest BCUT2D eigenvalue weighted by atomic mass is 10.1. The number of furan rings is 1. The van der Waals surface area contributed by atoms with Crippen molar-refractivity contribution < 1.29 is 27.1 Å². The van der Waals surface area contributed by atoms with Crippen LogP contribution in [-0.4, -0.2) is 42.8 Å². The van der Waals surface area contributed by atoms with E-state index in [0.717, 1.165) is 11.0 Å². The first-order chi connectivity index (χ1) is 9.96. The van der Waals surface area contributed by atoms with E-state index >= 15 is 0 Å². The number of hydrogen-bond acceptors (Lipinski definition) is 3. The van der Waals surface area contributed by atoms with Crippen molar-refractivity contribution >= 4 is 12.0 Å². The first-order valence-electron chi connectivity index (χ1n) is 6.62. The highest BCUT2D eigenvalue weighted by atomic mass is 19.4. The van der Waals surface area contributed by atoms with Crippen LogP contribution in [-0.2, 0) is 9.53 Å². The number of nitrogens with zero attached hydrogens (tertiary/aromatic N) is 1. The van der Waals surface area contributed by atoms with E-state index in [1.165, 1.54) is 12.3 Å². The summed E-state index contributed by atoms with van der Waals surface area (Å²) in [5, 5.41) is 0. The summed E-state index contributed by atoms with van der Waals surface area (Å²) in [5.41, 5.74) is 0. The molecule has 1 aliphatic rings. The lowest BCUT2D eigenvalue weighted by Gasteiger charge is -2.34. The smallest absolute Gasteiger partial charge is 0.406 e. The molecule has 2 heterocycles. The van der Waals surface area contributed by atoms with Crippen LogP contribution in [0.5, 0.6) is 0 Å². The quantitative estimate of drug-likeness (QED) is 0.803. The Bertz CT molecular complexity index is 476. The third-order valence-corrected chi connectivity index (χ3v) is 3.14. The number of alkyl halides is 3. The third-order valence-electron chi connectivity index (χ3n) is 3.14. The van der Waals surface area contributed by atoms with Crippen molar-refractivity contribution in [2.24, 2.45) is 0 Å². The van der Waals surface area contributed by atoms with Gasteiger partial charge in [-0.25, -0.2) is 0 Å². The number of carbonyl (C=O) groups is 1. The third kappa shape index (κ3) is 4.93. The van der Waals surface area contributed by atoms with Crippen LogP contribution in [0.4, 0.5) is 13.2 Å². The minimum absolute atomic E-state index is 0.135. The van der Waals surface area contributed by atoms with Gasteiger partial charge < -0.3 is 14.1 Å². The number of carbonyl (C=O) groups excluding carboxylic acids is 1. The van der Waals surface area contributed by atoms with Crippen LogP contribution < -0.4 is 0 Å². The maximum Gasteiger partial charge on any atom is 0.406 e. The molecule has 1 fully saturated rings. The summed E-state index contributed by atoms with van der Waals surface area (Å²) in [7, 11) is 0. The predicted octanol–water partition coefficient (Wildman–Crippen LogP) is 2.86. The number of hydrogen-bond donors (Lipinski definition) is 0. The molecule has 1 saturated heterocycles. The molecule has 0 aromatic carbocycles. The van der Waals surface area contributed by atoms with E-state index in [-0.39, 0.29) is 6.61 Å². The zero-order valence-corrected chi connectivity index (χ0v) is 11.3. The predicted molar refractivity (Wildman–Crippen MR) is 69.4 cm³/mol. The summed E-state index contributed by atoms with van der Waals surface area (Å²) in [6.45, 7) is -0.619. The van der Waals surface area contributed by atoms with Gasteiger partial charge in [-0.1, -0.05) is 0 Å². The van der Waals surface area contributed by atoms with Gasteiger partial charge >= 0.3 is 6.18 Å². The van der Waals surface area contributed by atoms with Gasteiger partial charge in [-0.15, -0.1) is 0 Å². The second-order valence-corrected chi connectivity index (χ2v) is 4.80. The molecule has 1 amide bonds. The fourth-order valence-electron chi connectivity index (χ4n) is 2.18. The largest absolute Gasteiger partial charge is 0.465 e. The summed E-state index contributed by atoms with van der Waals surface area (Å²) >= 11 is 0. The molecule has 116 valence electrons. The van der Waals surface area contributed by atoms with Crippen LogP contribution in [0, 0.1) is 0 Å². The first kappa shape index (κ1) is 15.6. The van der Waals surface area contributed by atoms with E-state index in [1.807, 2.05) is 0 Å². The molecule has 0 N–H and O–H groups in total. The van der Waals surface area contributed by atoms with Gasteiger partial charge in [0.1, 0.15) is 12.3 Å². The molecule has 2 rings (SSSR count). The number of rotatable bonds is 4. The normalized spacial score (nSPS) is 19.9. The standard InChI is InChI=1S/C14H16F3NO3/c15-14(16,17)10-18(11-3-1-7-20-9-11)13(19)6-5-12-4-2-8-21-12/h2,4-6,8,11H,1,3,7,9-10H2/b6-5+/t11-/m1/s1. The summed E-state index contributed by atoms with van der Waals surface area (Å²) < 4.78 is 48.2. The molecule has 21 heavy (non-hydrogen) atoms. The van der Waals surface area contributed by atoms with Crippen LogP contribution in [0.1, 0.15) is 18.6 Å². The Morgan fingerprint density at radius 3 is 2.86 bits per heavy atom. The Balaban J connectivity index is 2.07. The van der Waals surface area contributed by atoms with E-state index in [4.69, 9.17) is 9.15 Å². The molecule has 0 saturated carbocycles. The molecule has 4 nitrogen and oxygen atoms in total. The van der Waals surface area contributed by atoms with Gasteiger partial charge in [0.2, 0.25) is 5.91 Å². The molecule has 1 aromatic rings. The summed E-state index contributed by atoms with van der Waals surface area (Å²) in [6.07, 6.45) is 0.595. The lowest BCUT2D eigenvalue weighted by molar-refractivity contribution is -0.167. The summed E-state index contributed by atoms with van der Waals surface area (Å²) in [6, 6.07) is 2.70. The van der Waals surface area contributed by atoms with Crippen LogP contribution >= 0.6 is 0 Å². The number of halogens is 3. The van der Waals surface area contributed by atoms with Crippen molar-refractivity contribution in [3.8, 4) is 0 Å². The monoisotopic (exact) mass is 303 g/mol. The average Bonchev–Trinajstić information content (AvgIpc) is 2.95. The molecule has 0 aliphatic carbocycles. The van der Waals surface area contributed by atoms with Gasteiger partial charge in [0, 0.05) is 12.7 Å². The van der Waals surface area contributed by atoms with Crippen LogP contribution in [0.3, 0.4) is 0 Å². The highest BCUT2D eigenvalue weighted by Crippen LogP contribution is 2.22. The van der Waals surface area contributed by atoms with Crippen LogP contribution in [0.2, 0.25) is 0 Å². The summed E-state index contributed by atoms with van der Waals surface area (Å²) in [4.78, 5) is 12.9. The fourth-order valence-corrected chi connectivity index (χ4v) is 2.18. The van der Waals surface area contributed by atoms with Crippen LogP contribution in [0.25, 0.3) is 6.08 Å². The van der Waals surface area contributed by atoms with Gasteiger partial charge in [-0.2, -0.15) is 13.2 Å². The Morgan fingerprint density at radius 1 is 1.48 bits per heavy atom. The number of ether oxygens (including phenoxy) is 1. The van der Waals surface area contributed by atoms with Crippen molar-refractivity contribution in [1.82, 2.24) is 4.90 Å². The molecule has 1 atom stereocenters. The molecular weight excluding hydrogens is 287 g/mol. The molecule has 0 unspecified atom stereocenters. The molecule has 0 spiro atoms. The van der Waals surface area contributed by atoms with Gasteiger partial charge in [-0.05, 0) is 31.1 Å². The zero-order chi connectivity index (χ0) is 15.3. The molecule has 7 heteroatoms. The Kier molecular flexibility index (Phi) is 5.06. The minimum atomic E-state index is -4.44. The fraction of sp³-hybridized carbons (Fsp3) is 0.500. The summed E-state index contributed by atoms with van der Waals surface area (Å²) in [5.74, 6) is -0.283.